The highest BCUT2D eigenvalue weighted by atomic mass is 16.5. The van der Waals surface area contributed by atoms with Gasteiger partial charge in [-0.1, -0.05) is 75.8 Å². The first kappa shape index (κ1) is 24.9. The molecule has 0 saturated heterocycles. The van der Waals surface area contributed by atoms with E-state index in [0.717, 1.165) is 30.4 Å². The Hall–Kier alpha value is -2.14. The lowest BCUT2D eigenvalue weighted by atomic mass is 10.0. The molecule has 1 aromatic rings. The van der Waals surface area contributed by atoms with E-state index in [1.807, 2.05) is 30.3 Å². The number of carbonyl (C=O) groups is 2. The van der Waals surface area contributed by atoms with Crippen molar-refractivity contribution in [1.29, 1.82) is 0 Å². The van der Waals surface area contributed by atoms with E-state index >= 15 is 0 Å². The first-order chi connectivity index (χ1) is 13.9. The van der Waals surface area contributed by atoms with Gasteiger partial charge in [0.2, 0.25) is 0 Å². The van der Waals surface area contributed by atoms with Gasteiger partial charge < -0.3 is 14.9 Å². The highest BCUT2D eigenvalue weighted by molar-refractivity contribution is 5.67. The number of aliphatic carboxylic acids is 1. The average molecular weight is 405 g/mol. The van der Waals surface area contributed by atoms with Gasteiger partial charge in [0.15, 0.2) is 0 Å². The number of unbranched alkanes of at least 4 members (excludes halogenated alkanes) is 5. The van der Waals surface area contributed by atoms with Crippen molar-refractivity contribution in [2.75, 3.05) is 0 Å². The van der Waals surface area contributed by atoms with E-state index in [1.165, 1.54) is 32.6 Å². The number of carboxylic acids is 1. The minimum absolute atomic E-state index is 0.0436. The van der Waals surface area contributed by atoms with Gasteiger partial charge in [-0.3, -0.25) is 9.59 Å². The number of carboxylic acid groups (broad SMARTS) is 1. The summed E-state index contributed by atoms with van der Waals surface area (Å²) in [6, 6.07) is 7.60. The summed E-state index contributed by atoms with van der Waals surface area (Å²) in [6.07, 6.45) is 11.6. The molecular formula is C24H36O5. The van der Waals surface area contributed by atoms with E-state index in [4.69, 9.17) is 9.84 Å². The molecule has 1 aromatic carbocycles. The summed E-state index contributed by atoms with van der Waals surface area (Å²) in [6.45, 7) is 3.56. The summed E-state index contributed by atoms with van der Waals surface area (Å²) in [5, 5.41) is 19.0. The molecule has 5 heteroatoms. The number of benzene rings is 1. The van der Waals surface area contributed by atoms with Gasteiger partial charge in [0, 0.05) is 13.3 Å². The van der Waals surface area contributed by atoms with Crippen molar-refractivity contribution in [3.8, 4) is 0 Å². The van der Waals surface area contributed by atoms with Crippen LogP contribution in [0.15, 0.2) is 30.3 Å². The van der Waals surface area contributed by atoms with Gasteiger partial charge in [-0.15, -0.1) is 0 Å². The zero-order valence-electron chi connectivity index (χ0n) is 17.8. The lowest BCUT2D eigenvalue weighted by Crippen LogP contribution is -2.09. The summed E-state index contributed by atoms with van der Waals surface area (Å²) >= 11 is 0. The Morgan fingerprint density at radius 1 is 1.07 bits per heavy atom. The topological polar surface area (TPSA) is 83.8 Å². The quantitative estimate of drug-likeness (QED) is 0.291. The van der Waals surface area contributed by atoms with Gasteiger partial charge in [-0.25, -0.2) is 0 Å². The van der Waals surface area contributed by atoms with Crippen molar-refractivity contribution in [2.24, 2.45) is 0 Å². The Labute approximate surface area is 174 Å². The lowest BCUT2D eigenvalue weighted by Gasteiger charge is -2.17. The molecule has 1 rings (SSSR count). The molecule has 2 atom stereocenters. The molecule has 0 saturated carbocycles. The van der Waals surface area contributed by atoms with E-state index < -0.39 is 18.2 Å². The van der Waals surface area contributed by atoms with Crippen LogP contribution in [0.4, 0.5) is 0 Å². The Morgan fingerprint density at radius 3 is 2.48 bits per heavy atom. The van der Waals surface area contributed by atoms with Crippen LogP contribution in [0.2, 0.25) is 0 Å². The summed E-state index contributed by atoms with van der Waals surface area (Å²) in [5.74, 6) is -1.25. The number of hydrogen-bond acceptors (Lipinski definition) is 4. The first-order valence-electron chi connectivity index (χ1n) is 10.8. The molecule has 162 valence electrons. The molecule has 5 nitrogen and oxygen atoms in total. The SMILES string of the molecule is CCCCCCCCC(O)C=Cc1cccc(C(CCCC(=O)O)OC(C)=O)c1. The fourth-order valence-corrected chi connectivity index (χ4v) is 3.25. The Bertz CT molecular complexity index is 638. The van der Waals surface area contributed by atoms with Crippen molar-refractivity contribution in [3.05, 3.63) is 41.5 Å². The second kappa shape index (κ2) is 14.8. The van der Waals surface area contributed by atoms with Crippen LogP contribution in [0.3, 0.4) is 0 Å². The minimum Gasteiger partial charge on any atom is -0.481 e. The monoisotopic (exact) mass is 404 g/mol. The lowest BCUT2D eigenvalue weighted by molar-refractivity contribution is -0.147. The van der Waals surface area contributed by atoms with Crippen molar-refractivity contribution < 1.29 is 24.5 Å². The zero-order valence-corrected chi connectivity index (χ0v) is 17.8. The molecule has 2 unspecified atom stereocenters. The molecule has 0 aliphatic rings. The zero-order chi connectivity index (χ0) is 21.5. The number of carbonyl (C=O) groups excluding carboxylic acids is 1. The van der Waals surface area contributed by atoms with E-state index in [9.17, 15) is 14.7 Å². The molecule has 0 aliphatic heterocycles. The van der Waals surface area contributed by atoms with Crippen LogP contribution in [-0.4, -0.2) is 28.3 Å². The summed E-state index contributed by atoms with van der Waals surface area (Å²) in [4.78, 5) is 22.2. The fraction of sp³-hybridized carbons (Fsp3) is 0.583. The van der Waals surface area contributed by atoms with Crippen molar-refractivity contribution in [3.63, 3.8) is 0 Å². The highest BCUT2D eigenvalue weighted by Crippen LogP contribution is 2.25. The second-order valence-corrected chi connectivity index (χ2v) is 7.54. The van der Waals surface area contributed by atoms with Gasteiger partial charge >= 0.3 is 11.9 Å². The fourth-order valence-electron chi connectivity index (χ4n) is 3.25. The third-order valence-corrected chi connectivity index (χ3v) is 4.81. The maximum absolute atomic E-state index is 11.4. The highest BCUT2D eigenvalue weighted by Gasteiger charge is 2.15. The predicted octanol–water partition coefficient (Wildman–Crippen LogP) is 5.67. The molecule has 0 aliphatic carbocycles. The molecule has 2 N–H and O–H groups in total. The van der Waals surface area contributed by atoms with Crippen LogP contribution in [0, 0.1) is 0 Å². The van der Waals surface area contributed by atoms with Crippen LogP contribution in [0.5, 0.6) is 0 Å². The van der Waals surface area contributed by atoms with E-state index in [2.05, 4.69) is 6.92 Å². The number of aliphatic hydroxyl groups is 1. The molecule has 0 aromatic heterocycles. The normalized spacial score (nSPS) is 13.3. The van der Waals surface area contributed by atoms with E-state index in [1.54, 1.807) is 6.08 Å². The van der Waals surface area contributed by atoms with E-state index in [0.29, 0.717) is 12.8 Å². The number of hydrogen-bond donors (Lipinski definition) is 2. The van der Waals surface area contributed by atoms with E-state index in [-0.39, 0.29) is 12.4 Å². The third kappa shape index (κ3) is 12.1. The third-order valence-electron chi connectivity index (χ3n) is 4.81. The molecule has 0 amide bonds. The van der Waals surface area contributed by atoms with Crippen molar-refractivity contribution in [2.45, 2.75) is 90.3 Å². The molecular weight excluding hydrogens is 368 g/mol. The summed E-state index contributed by atoms with van der Waals surface area (Å²) in [7, 11) is 0. The Balaban J connectivity index is 2.60. The summed E-state index contributed by atoms with van der Waals surface area (Å²) < 4.78 is 5.39. The van der Waals surface area contributed by atoms with Crippen LogP contribution in [0.25, 0.3) is 6.08 Å². The Kier molecular flexibility index (Phi) is 12.7. The van der Waals surface area contributed by atoms with Crippen LogP contribution < -0.4 is 0 Å². The van der Waals surface area contributed by atoms with Gasteiger partial charge in [0.1, 0.15) is 6.10 Å². The number of rotatable bonds is 15. The van der Waals surface area contributed by atoms with Crippen LogP contribution in [0.1, 0.15) is 95.3 Å². The van der Waals surface area contributed by atoms with Gasteiger partial charge in [-0.05, 0) is 36.5 Å². The first-order valence-corrected chi connectivity index (χ1v) is 10.8. The molecule has 0 spiro atoms. The predicted molar refractivity (Wildman–Crippen MR) is 115 cm³/mol. The number of aliphatic hydroxyl groups excluding tert-OH is 1. The largest absolute Gasteiger partial charge is 0.481 e. The van der Waals surface area contributed by atoms with Gasteiger partial charge in [-0.2, -0.15) is 0 Å². The standard InChI is InChI=1S/C24H36O5/c1-3-4-5-6-7-8-13-22(26)17-16-20-11-9-12-21(18-20)23(29-19(2)25)14-10-15-24(27)28/h9,11-12,16-18,22-23,26H,3-8,10,13-15H2,1-2H3,(H,27,28). The Morgan fingerprint density at radius 2 is 1.79 bits per heavy atom. The number of ether oxygens (including phenoxy) is 1. The van der Waals surface area contributed by atoms with Gasteiger partial charge in [0.25, 0.3) is 0 Å². The molecule has 0 fully saturated rings. The average Bonchev–Trinajstić information content (AvgIpc) is 2.68. The van der Waals surface area contributed by atoms with Crippen molar-refractivity contribution >= 4 is 18.0 Å². The van der Waals surface area contributed by atoms with Crippen molar-refractivity contribution in [1.82, 2.24) is 0 Å². The smallest absolute Gasteiger partial charge is 0.303 e. The second-order valence-electron chi connectivity index (χ2n) is 7.54. The van der Waals surface area contributed by atoms with Gasteiger partial charge in [0.05, 0.1) is 6.10 Å². The maximum atomic E-state index is 11.4. The molecule has 0 heterocycles. The van der Waals surface area contributed by atoms with Crippen LogP contribution in [-0.2, 0) is 14.3 Å². The summed E-state index contributed by atoms with van der Waals surface area (Å²) in [5.41, 5.74) is 1.75. The molecule has 0 radical (unpaired) electrons. The number of esters is 1. The van der Waals surface area contributed by atoms with Crippen LogP contribution >= 0.6 is 0 Å². The molecule has 29 heavy (non-hydrogen) atoms. The minimum atomic E-state index is -0.859. The maximum Gasteiger partial charge on any atom is 0.303 e. The molecule has 0 bridgehead atoms.